The predicted octanol–water partition coefficient (Wildman–Crippen LogP) is 8.69. The third-order valence-electron chi connectivity index (χ3n) is 7.07. The zero-order valence-corrected chi connectivity index (χ0v) is 25.0. The van der Waals surface area contributed by atoms with Gasteiger partial charge in [0.25, 0.3) is 0 Å². The average Bonchev–Trinajstić information content (AvgIpc) is 2.94. The van der Waals surface area contributed by atoms with E-state index in [4.69, 9.17) is 9.47 Å². The number of aryl methyl sites for hydroxylation is 1. The maximum Gasteiger partial charge on any atom is 0.119 e. The van der Waals surface area contributed by atoms with Gasteiger partial charge in [-0.3, -0.25) is 0 Å². The van der Waals surface area contributed by atoms with Crippen LogP contribution in [0, 0.1) is 18.8 Å². The summed E-state index contributed by atoms with van der Waals surface area (Å²) in [7, 11) is 0. The highest BCUT2D eigenvalue weighted by Crippen LogP contribution is 2.37. The van der Waals surface area contributed by atoms with Crippen molar-refractivity contribution in [3.8, 4) is 11.5 Å². The van der Waals surface area contributed by atoms with E-state index in [0.717, 1.165) is 34.6 Å². The Morgan fingerprint density at radius 1 is 0.700 bits per heavy atom. The highest BCUT2D eigenvalue weighted by molar-refractivity contribution is 5.91. The molecular formula is C37H45NO2. The summed E-state index contributed by atoms with van der Waals surface area (Å²) in [4.78, 5) is 0. The van der Waals surface area contributed by atoms with Crippen LogP contribution in [0.25, 0.3) is 11.1 Å². The molecule has 0 radical (unpaired) electrons. The summed E-state index contributed by atoms with van der Waals surface area (Å²) in [6.07, 6.45) is 5.39. The van der Waals surface area contributed by atoms with Gasteiger partial charge in [-0.1, -0.05) is 101 Å². The molecule has 3 nitrogen and oxygen atoms in total. The van der Waals surface area contributed by atoms with Crippen LogP contribution in [-0.4, -0.2) is 25.3 Å². The molecule has 0 saturated heterocycles. The maximum absolute atomic E-state index is 5.94. The zero-order chi connectivity index (χ0) is 28.6. The lowest BCUT2D eigenvalue weighted by Crippen LogP contribution is -2.40. The lowest BCUT2D eigenvalue weighted by atomic mass is 9.82. The summed E-state index contributed by atoms with van der Waals surface area (Å²) in [5, 5.41) is 3.91. The number of ether oxygens (including phenoxy) is 2. The Bertz CT molecular complexity index is 1310. The van der Waals surface area contributed by atoms with E-state index in [1.165, 1.54) is 22.3 Å². The first-order chi connectivity index (χ1) is 19.2. The van der Waals surface area contributed by atoms with Crippen LogP contribution in [0.1, 0.15) is 56.9 Å². The molecule has 2 unspecified atom stereocenters. The van der Waals surface area contributed by atoms with E-state index < -0.39 is 0 Å². The SMILES string of the molecule is C=C1C(c2ccc(OCC(C)C)cc2)=CC=C(c2ccc(OCC(C)C)cc2)C1NC(C)Cc1ccc(C)cc1. The lowest BCUT2D eigenvalue weighted by molar-refractivity contribution is 0.271. The largest absolute Gasteiger partial charge is 0.493 e. The standard InChI is InChI=1S/C37H45NO2/c1-25(2)23-39-33-16-12-31(13-17-33)35-20-21-36(32-14-18-34(19-15-32)40-24-26(3)4)37(29(35)7)38-28(6)22-30-10-8-27(5)9-11-30/h8-21,25-26,28,37-38H,7,22-24H2,1-6H3. The molecule has 2 atom stereocenters. The van der Waals surface area contributed by atoms with Gasteiger partial charge in [-0.25, -0.2) is 0 Å². The van der Waals surface area contributed by atoms with E-state index in [2.05, 4.69) is 138 Å². The Hall–Kier alpha value is -3.56. The second kappa shape index (κ2) is 13.7. The van der Waals surface area contributed by atoms with Crippen molar-refractivity contribution in [3.05, 3.63) is 119 Å². The molecule has 3 aromatic carbocycles. The Morgan fingerprint density at radius 2 is 1.23 bits per heavy atom. The van der Waals surface area contributed by atoms with Crippen molar-refractivity contribution in [2.75, 3.05) is 13.2 Å². The van der Waals surface area contributed by atoms with Gasteiger partial charge in [0.2, 0.25) is 0 Å². The fourth-order valence-electron chi connectivity index (χ4n) is 4.88. The molecule has 3 heteroatoms. The minimum atomic E-state index is -0.0141. The van der Waals surface area contributed by atoms with Crippen LogP contribution in [0.15, 0.2) is 97.1 Å². The normalized spacial score (nSPS) is 16.1. The second-order valence-corrected chi connectivity index (χ2v) is 11.9. The quantitative estimate of drug-likeness (QED) is 0.252. The van der Waals surface area contributed by atoms with Gasteiger partial charge in [0, 0.05) is 6.04 Å². The van der Waals surface area contributed by atoms with Crippen molar-refractivity contribution in [1.29, 1.82) is 0 Å². The number of allylic oxidation sites excluding steroid dienone is 2. The van der Waals surface area contributed by atoms with Crippen molar-refractivity contribution in [2.24, 2.45) is 11.8 Å². The molecule has 0 aromatic heterocycles. The molecule has 0 saturated carbocycles. The number of hydrogen-bond acceptors (Lipinski definition) is 3. The molecule has 4 rings (SSSR count). The third-order valence-corrected chi connectivity index (χ3v) is 7.07. The van der Waals surface area contributed by atoms with Crippen molar-refractivity contribution in [3.63, 3.8) is 0 Å². The van der Waals surface area contributed by atoms with Gasteiger partial charge in [0.1, 0.15) is 11.5 Å². The Kier molecular flexibility index (Phi) is 10.1. The fraction of sp³-hybridized carbons (Fsp3) is 0.351. The summed E-state index contributed by atoms with van der Waals surface area (Å²) in [6.45, 7) is 19.1. The van der Waals surface area contributed by atoms with Gasteiger partial charge < -0.3 is 14.8 Å². The maximum atomic E-state index is 5.94. The Morgan fingerprint density at radius 3 is 1.75 bits per heavy atom. The Labute approximate surface area is 241 Å². The van der Waals surface area contributed by atoms with Crippen molar-refractivity contribution >= 4 is 11.1 Å². The topological polar surface area (TPSA) is 30.5 Å². The third kappa shape index (κ3) is 7.99. The van der Waals surface area contributed by atoms with Crippen molar-refractivity contribution in [2.45, 2.75) is 60.0 Å². The van der Waals surface area contributed by atoms with Gasteiger partial charge >= 0.3 is 0 Å². The molecule has 0 bridgehead atoms. The van der Waals surface area contributed by atoms with Gasteiger partial charge in [0.05, 0.1) is 19.3 Å². The summed E-state index contributed by atoms with van der Waals surface area (Å²) >= 11 is 0. The Balaban J connectivity index is 1.59. The van der Waals surface area contributed by atoms with Crippen LogP contribution >= 0.6 is 0 Å². The van der Waals surface area contributed by atoms with Gasteiger partial charge in [-0.2, -0.15) is 0 Å². The number of nitrogens with one attached hydrogen (secondary N) is 1. The van der Waals surface area contributed by atoms with Crippen LogP contribution in [0.5, 0.6) is 11.5 Å². The highest BCUT2D eigenvalue weighted by atomic mass is 16.5. The van der Waals surface area contributed by atoms with Crippen LogP contribution in [0.3, 0.4) is 0 Å². The molecular weight excluding hydrogens is 490 g/mol. The molecule has 3 aromatic rings. The first-order valence-corrected chi connectivity index (χ1v) is 14.6. The summed E-state index contributed by atoms with van der Waals surface area (Å²) < 4.78 is 11.8. The zero-order valence-electron chi connectivity index (χ0n) is 25.0. The molecule has 210 valence electrons. The molecule has 0 heterocycles. The fourth-order valence-corrected chi connectivity index (χ4v) is 4.88. The number of rotatable bonds is 12. The molecule has 0 amide bonds. The van der Waals surface area contributed by atoms with E-state index >= 15 is 0 Å². The van der Waals surface area contributed by atoms with Crippen LogP contribution in [-0.2, 0) is 6.42 Å². The summed E-state index contributed by atoms with van der Waals surface area (Å²) in [5.74, 6) is 2.79. The van der Waals surface area contributed by atoms with E-state index in [-0.39, 0.29) is 12.1 Å². The van der Waals surface area contributed by atoms with E-state index in [9.17, 15) is 0 Å². The molecule has 40 heavy (non-hydrogen) atoms. The molecule has 0 aliphatic heterocycles. The number of hydrogen-bond donors (Lipinski definition) is 1. The molecule has 1 N–H and O–H groups in total. The molecule has 0 spiro atoms. The molecule has 0 fully saturated rings. The first-order valence-electron chi connectivity index (χ1n) is 14.6. The lowest BCUT2D eigenvalue weighted by Gasteiger charge is -2.32. The minimum absolute atomic E-state index is 0.0141. The van der Waals surface area contributed by atoms with E-state index in [1.54, 1.807) is 0 Å². The average molecular weight is 536 g/mol. The van der Waals surface area contributed by atoms with Gasteiger partial charge in [-0.05, 0) is 89.8 Å². The first kappa shape index (κ1) is 29.4. The number of benzene rings is 3. The predicted molar refractivity (Wildman–Crippen MR) is 170 cm³/mol. The van der Waals surface area contributed by atoms with Gasteiger partial charge in [0.15, 0.2) is 0 Å². The summed E-state index contributed by atoms with van der Waals surface area (Å²) in [5.41, 5.74) is 8.37. The van der Waals surface area contributed by atoms with Crippen molar-refractivity contribution in [1.82, 2.24) is 5.32 Å². The molecule has 1 aliphatic carbocycles. The monoisotopic (exact) mass is 535 g/mol. The van der Waals surface area contributed by atoms with Crippen molar-refractivity contribution < 1.29 is 9.47 Å². The summed E-state index contributed by atoms with van der Waals surface area (Å²) in [6, 6.07) is 25.9. The molecule has 1 aliphatic rings. The highest BCUT2D eigenvalue weighted by Gasteiger charge is 2.26. The second-order valence-electron chi connectivity index (χ2n) is 11.9. The van der Waals surface area contributed by atoms with E-state index in [0.29, 0.717) is 25.0 Å². The van der Waals surface area contributed by atoms with Gasteiger partial charge in [-0.15, -0.1) is 0 Å². The van der Waals surface area contributed by atoms with E-state index in [1.807, 2.05) is 0 Å². The van der Waals surface area contributed by atoms with Crippen LogP contribution < -0.4 is 14.8 Å². The minimum Gasteiger partial charge on any atom is -0.493 e. The van der Waals surface area contributed by atoms with Crippen LogP contribution in [0.4, 0.5) is 0 Å². The van der Waals surface area contributed by atoms with Crippen LogP contribution in [0.2, 0.25) is 0 Å². The smallest absolute Gasteiger partial charge is 0.119 e.